The first kappa shape index (κ1) is 18.2. The van der Waals surface area contributed by atoms with Crippen LogP contribution < -0.4 is 0 Å². The third-order valence-corrected chi connectivity index (χ3v) is 6.08. The zero-order valence-corrected chi connectivity index (χ0v) is 15.4. The van der Waals surface area contributed by atoms with Crippen LogP contribution in [0.25, 0.3) is 0 Å². The zero-order chi connectivity index (χ0) is 18.7. The lowest BCUT2D eigenvalue weighted by molar-refractivity contribution is -0.212. The molecule has 1 heterocycles. The number of nitrogens with zero attached hydrogens (tertiary/aromatic N) is 1. The Labute approximate surface area is 161 Å². The van der Waals surface area contributed by atoms with Crippen molar-refractivity contribution >= 4 is 11.8 Å². The van der Waals surface area contributed by atoms with Gasteiger partial charge in [-0.15, -0.1) is 0 Å². The van der Waals surface area contributed by atoms with Gasteiger partial charge in [0.05, 0.1) is 6.54 Å². The standard InChI is InChI=1S/C22H19F2NOS/c23-20(24)21-25(16-17-10-4-1-5-11-17)26-22(27-21,18-12-6-2-7-13-18)19-14-8-3-9-15-19/h1-15,20-21H,16H2. The van der Waals surface area contributed by atoms with E-state index in [0.717, 1.165) is 28.5 Å². The molecule has 138 valence electrons. The number of halogens is 2. The highest BCUT2D eigenvalue weighted by molar-refractivity contribution is 8.01. The fourth-order valence-corrected chi connectivity index (χ4v) is 4.61. The normalized spacial score (nSPS) is 19.4. The third kappa shape index (κ3) is 3.63. The molecule has 0 aromatic heterocycles. The van der Waals surface area contributed by atoms with Crippen LogP contribution in [0.4, 0.5) is 8.78 Å². The number of alkyl halides is 2. The Bertz CT molecular complexity index is 822. The Morgan fingerprint density at radius 2 is 1.30 bits per heavy atom. The van der Waals surface area contributed by atoms with Crippen molar-refractivity contribution in [1.82, 2.24) is 5.06 Å². The van der Waals surface area contributed by atoms with Crippen LogP contribution in [0.1, 0.15) is 16.7 Å². The van der Waals surface area contributed by atoms with Crippen molar-refractivity contribution in [3.05, 3.63) is 108 Å². The molecule has 1 fully saturated rings. The molecule has 0 spiro atoms. The van der Waals surface area contributed by atoms with Gasteiger partial charge in [-0.2, -0.15) is 5.06 Å². The Hall–Kier alpha value is -2.21. The zero-order valence-electron chi connectivity index (χ0n) is 14.5. The molecule has 3 aromatic rings. The number of benzene rings is 3. The summed E-state index contributed by atoms with van der Waals surface area (Å²) in [6, 6.07) is 28.7. The summed E-state index contributed by atoms with van der Waals surface area (Å²) in [5, 5.41) is 0.357. The maximum Gasteiger partial charge on any atom is 0.265 e. The van der Waals surface area contributed by atoms with Crippen LogP contribution in [-0.2, 0) is 16.3 Å². The Kier molecular flexibility index (Phi) is 5.25. The summed E-state index contributed by atoms with van der Waals surface area (Å²) in [4.78, 5) is 5.31. The highest BCUT2D eigenvalue weighted by Gasteiger charge is 2.52. The van der Waals surface area contributed by atoms with Crippen molar-refractivity contribution in [2.24, 2.45) is 0 Å². The first-order chi connectivity index (χ1) is 13.2. The summed E-state index contributed by atoms with van der Waals surface area (Å²) < 4.78 is 27.9. The van der Waals surface area contributed by atoms with Gasteiger partial charge in [0.2, 0.25) is 0 Å². The van der Waals surface area contributed by atoms with Gasteiger partial charge >= 0.3 is 0 Å². The smallest absolute Gasteiger partial charge is 0.265 e. The number of rotatable bonds is 5. The summed E-state index contributed by atoms with van der Waals surface area (Å²) >= 11 is 1.15. The van der Waals surface area contributed by atoms with Crippen molar-refractivity contribution in [2.75, 3.05) is 0 Å². The fraction of sp³-hybridized carbons (Fsp3) is 0.182. The van der Waals surface area contributed by atoms with Gasteiger partial charge in [-0.3, -0.25) is 4.84 Å². The van der Waals surface area contributed by atoms with E-state index in [4.69, 9.17) is 4.84 Å². The van der Waals surface area contributed by atoms with E-state index in [9.17, 15) is 8.78 Å². The number of hydrogen-bond donors (Lipinski definition) is 0. The van der Waals surface area contributed by atoms with Crippen molar-refractivity contribution in [1.29, 1.82) is 0 Å². The molecule has 4 rings (SSSR count). The minimum absolute atomic E-state index is 0.296. The predicted octanol–water partition coefficient (Wildman–Crippen LogP) is 5.66. The second-order valence-corrected chi connectivity index (χ2v) is 7.64. The van der Waals surface area contributed by atoms with Gasteiger partial charge in [0.1, 0.15) is 5.37 Å². The van der Waals surface area contributed by atoms with E-state index in [1.54, 1.807) is 0 Å². The van der Waals surface area contributed by atoms with Gasteiger partial charge < -0.3 is 0 Å². The molecule has 0 N–H and O–H groups in total. The van der Waals surface area contributed by atoms with E-state index in [-0.39, 0.29) is 0 Å². The summed E-state index contributed by atoms with van der Waals surface area (Å²) in [6.07, 6.45) is -2.53. The molecular formula is C22H19F2NOS. The van der Waals surface area contributed by atoms with E-state index < -0.39 is 16.7 Å². The molecule has 1 unspecified atom stereocenters. The molecule has 0 saturated carbocycles. The largest absolute Gasteiger partial charge is 0.270 e. The number of hydroxylamine groups is 2. The summed E-state index contributed by atoms with van der Waals surface area (Å²) in [7, 11) is 0. The van der Waals surface area contributed by atoms with Gasteiger partial charge in [0.15, 0.2) is 4.93 Å². The molecule has 1 aliphatic rings. The molecule has 1 saturated heterocycles. The van der Waals surface area contributed by atoms with E-state index in [0.29, 0.717) is 6.54 Å². The van der Waals surface area contributed by atoms with Crippen molar-refractivity contribution < 1.29 is 13.6 Å². The maximum atomic E-state index is 13.9. The maximum absolute atomic E-state index is 13.9. The Morgan fingerprint density at radius 3 is 1.78 bits per heavy atom. The first-order valence-corrected chi connectivity index (χ1v) is 9.64. The average molecular weight is 383 g/mol. The molecule has 0 amide bonds. The molecule has 1 aliphatic heterocycles. The van der Waals surface area contributed by atoms with Gasteiger partial charge in [-0.05, 0) is 5.56 Å². The van der Waals surface area contributed by atoms with Crippen LogP contribution in [0.3, 0.4) is 0 Å². The highest BCUT2D eigenvalue weighted by Crippen LogP contribution is 2.54. The molecular weight excluding hydrogens is 364 g/mol. The molecule has 27 heavy (non-hydrogen) atoms. The molecule has 1 atom stereocenters. The van der Waals surface area contributed by atoms with Gasteiger partial charge in [0, 0.05) is 11.1 Å². The van der Waals surface area contributed by atoms with E-state index in [2.05, 4.69) is 0 Å². The lowest BCUT2D eigenvalue weighted by Gasteiger charge is -2.29. The SMILES string of the molecule is FC(F)C1SC(c2ccccc2)(c2ccccc2)ON1Cc1ccccc1. The van der Waals surface area contributed by atoms with Crippen LogP contribution in [0.15, 0.2) is 91.0 Å². The lowest BCUT2D eigenvalue weighted by atomic mass is 10.0. The number of hydrogen-bond acceptors (Lipinski definition) is 3. The second kappa shape index (κ2) is 7.80. The van der Waals surface area contributed by atoms with Crippen LogP contribution in [0, 0.1) is 0 Å². The molecule has 0 aliphatic carbocycles. The van der Waals surface area contributed by atoms with Gasteiger partial charge in [-0.1, -0.05) is 103 Å². The fourth-order valence-electron chi connectivity index (χ4n) is 3.25. The van der Waals surface area contributed by atoms with E-state index in [1.165, 1.54) is 5.06 Å². The molecule has 3 aromatic carbocycles. The minimum Gasteiger partial charge on any atom is -0.270 e. The molecule has 2 nitrogen and oxygen atoms in total. The van der Waals surface area contributed by atoms with Crippen LogP contribution in [-0.4, -0.2) is 16.9 Å². The summed E-state index contributed by atoms with van der Waals surface area (Å²) in [5.41, 5.74) is 2.63. The minimum atomic E-state index is -2.53. The van der Waals surface area contributed by atoms with Crippen molar-refractivity contribution in [2.45, 2.75) is 23.3 Å². The highest BCUT2D eigenvalue weighted by atomic mass is 32.2. The van der Waals surface area contributed by atoms with Crippen molar-refractivity contribution in [3.8, 4) is 0 Å². The topological polar surface area (TPSA) is 12.5 Å². The number of thioether (sulfide) groups is 1. The first-order valence-electron chi connectivity index (χ1n) is 8.76. The monoisotopic (exact) mass is 383 g/mol. The van der Waals surface area contributed by atoms with E-state index in [1.807, 2.05) is 91.0 Å². The average Bonchev–Trinajstić information content (AvgIpc) is 3.11. The Morgan fingerprint density at radius 1 is 0.815 bits per heavy atom. The molecule has 5 heteroatoms. The summed E-state index contributed by atoms with van der Waals surface area (Å²) in [6.45, 7) is 0.296. The van der Waals surface area contributed by atoms with E-state index >= 15 is 0 Å². The lowest BCUT2D eigenvalue weighted by Crippen LogP contribution is -2.33. The predicted molar refractivity (Wildman–Crippen MR) is 104 cm³/mol. The van der Waals surface area contributed by atoms with Crippen LogP contribution in [0.2, 0.25) is 0 Å². The summed E-state index contributed by atoms with van der Waals surface area (Å²) in [5.74, 6) is 0. The Balaban J connectivity index is 1.76. The van der Waals surface area contributed by atoms with Crippen molar-refractivity contribution in [3.63, 3.8) is 0 Å². The van der Waals surface area contributed by atoms with Crippen LogP contribution >= 0.6 is 11.8 Å². The molecule has 0 bridgehead atoms. The molecule has 0 radical (unpaired) electrons. The quantitative estimate of drug-likeness (QED) is 0.564. The van der Waals surface area contributed by atoms with Crippen LogP contribution in [0.5, 0.6) is 0 Å². The van der Waals surface area contributed by atoms with Gasteiger partial charge in [-0.25, -0.2) is 8.78 Å². The second-order valence-electron chi connectivity index (χ2n) is 6.34. The third-order valence-electron chi connectivity index (χ3n) is 4.52. The van der Waals surface area contributed by atoms with Gasteiger partial charge in [0.25, 0.3) is 6.43 Å².